The fourth-order valence-corrected chi connectivity index (χ4v) is 8.06. The number of nitrogens with two attached hydrogens (primary N) is 1. The van der Waals surface area contributed by atoms with E-state index in [1.54, 1.807) is 5.56 Å². The van der Waals surface area contributed by atoms with Gasteiger partial charge in [-0.25, -0.2) is 0 Å². The molecule has 6 fully saturated rings. The van der Waals surface area contributed by atoms with Crippen LogP contribution < -0.4 is 5.73 Å². The molecule has 18 heavy (non-hydrogen) atoms. The van der Waals surface area contributed by atoms with Gasteiger partial charge >= 0.3 is 0 Å². The molecular formula is C17H19N. The predicted octanol–water partition coefficient (Wildman–Crippen LogP) is 2.41. The normalized spacial score (nSPS) is 64.7. The molecule has 1 aromatic carbocycles. The van der Waals surface area contributed by atoms with Crippen molar-refractivity contribution >= 4 is 0 Å². The van der Waals surface area contributed by atoms with Crippen LogP contribution in [-0.4, -0.2) is 6.04 Å². The third kappa shape index (κ3) is 0.602. The Bertz CT molecular complexity index is 552. The van der Waals surface area contributed by atoms with Gasteiger partial charge in [0.05, 0.1) is 0 Å². The second kappa shape index (κ2) is 2.43. The fraction of sp³-hybridized carbons (Fsp3) is 0.647. The summed E-state index contributed by atoms with van der Waals surface area (Å²) >= 11 is 0. The zero-order chi connectivity index (χ0) is 11.6. The smallest absolute Gasteiger partial charge is 0.0176 e. The Balaban J connectivity index is 1.68. The van der Waals surface area contributed by atoms with Crippen molar-refractivity contribution in [3.8, 4) is 0 Å². The quantitative estimate of drug-likeness (QED) is 0.797. The minimum Gasteiger partial charge on any atom is -0.327 e. The molecule has 6 aliphatic rings. The zero-order valence-electron chi connectivity index (χ0n) is 10.5. The first-order valence-electron chi connectivity index (χ1n) is 7.66. The third-order valence-electron chi connectivity index (χ3n) is 7.85. The van der Waals surface area contributed by atoms with E-state index in [0.717, 1.165) is 41.4 Å². The van der Waals surface area contributed by atoms with Gasteiger partial charge in [-0.3, -0.25) is 0 Å². The Morgan fingerprint density at radius 2 is 1.78 bits per heavy atom. The lowest BCUT2D eigenvalue weighted by molar-refractivity contribution is 0.107. The van der Waals surface area contributed by atoms with Crippen LogP contribution >= 0.6 is 0 Å². The van der Waals surface area contributed by atoms with E-state index in [2.05, 4.69) is 30.3 Å². The van der Waals surface area contributed by atoms with E-state index in [0.29, 0.717) is 11.5 Å². The van der Waals surface area contributed by atoms with Gasteiger partial charge < -0.3 is 5.73 Å². The highest BCUT2D eigenvalue weighted by molar-refractivity contribution is 5.46. The molecule has 9 atom stereocenters. The molecule has 6 aliphatic carbocycles. The zero-order valence-corrected chi connectivity index (χ0v) is 10.5. The lowest BCUT2D eigenvalue weighted by Gasteiger charge is -2.43. The van der Waals surface area contributed by atoms with E-state index in [-0.39, 0.29) is 0 Å². The molecule has 0 aliphatic heterocycles. The molecule has 2 N–H and O–H groups in total. The maximum atomic E-state index is 6.81. The van der Waals surface area contributed by atoms with Crippen molar-refractivity contribution in [2.75, 3.05) is 0 Å². The summed E-state index contributed by atoms with van der Waals surface area (Å²) in [5, 5.41) is 0. The Morgan fingerprint density at radius 1 is 0.944 bits per heavy atom. The Hall–Kier alpha value is -0.820. The molecule has 0 spiro atoms. The van der Waals surface area contributed by atoms with Crippen LogP contribution in [0, 0.1) is 41.4 Å². The van der Waals surface area contributed by atoms with Gasteiger partial charge in [0.1, 0.15) is 0 Å². The van der Waals surface area contributed by atoms with Crippen LogP contribution in [0.4, 0.5) is 0 Å². The predicted molar refractivity (Wildman–Crippen MR) is 69.8 cm³/mol. The lowest BCUT2D eigenvalue weighted by atomic mass is 9.60. The van der Waals surface area contributed by atoms with E-state index >= 15 is 0 Å². The minimum absolute atomic E-state index is 0.402. The molecule has 6 bridgehead atoms. The van der Waals surface area contributed by atoms with Crippen LogP contribution in [0.3, 0.4) is 0 Å². The summed E-state index contributed by atoms with van der Waals surface area (Å²) < 4.78 is 0. The molecule has 0 amide bonds. The van der Waals surface area contributed by atoms with Crippen LogP contribution in [0.2, 0.25) is 0 Å². The van der Waals surface area contributed by atoms with Crippen LogP contribution in [0.1, 0.15) is 18.4 Å². The number of benzene rings is 1. The van der Waals surface area contributed by atoms with E-state index < -0.39 is 0 Å². The maximum absolute atomic E-state index is 6.81. The maximum Gasteiger partial charge on any atom is 0.0176 e. The summed E-state index contributed by atoms with van der Waals surface area (Å²) in [5.41, 5.74) is 8.80. The molecule has 0 radical (unpaired) electrons. The average molecular weight is 237 g/mol. The van der Waals surface area contributed by atoms with Gasteiger partial charge in [-0.2, -0.15) is 0 Å². The van der Waals surface area contributed by atoms with Gasteiger partial charge in [-0.1, -0.05) is 30.3 Å². The highest BCUT2D eigenvalue weighted by atomic mass is 15.0. The van der Waals surface area contributed by atoms with Crippen molar-refractivity contribution in [1.29, 1.82) is 0 Å². The van der Waals surface area contributed by atoms with Gasteiger partial charge in [0, 0.05) is 11.5 Å². The topological polar surface area (TPSA) is 26.0 Å². The molecule has 1 aromatic rings. The Morgan fingerprint density at radius 3 is 2.61 bits per heavy atom. The summed E-state index contributed by atoms with van der Waals surface area (Å²) in [7, 11) is 0. The largest absolute Gasteiger partial charge is 0.327 e. The van der Waals surface area contributed by atoms with Gasteiger partial charge in [0.2, 0.25) is 0 Å². The van der Waals surface area contributed by atoms with Gasteiger partial charge in [-0.05, 0) is 59.8 Å². The first-order valence-corrected chi connectivity index (χ1v) is 7.66. The molecular weight excluding hydrogens is 218 g/mol. The van der Waals surface area contributed by atoms with E-state index in [1.165, 1.54) is 12.8 Å². The van der Waals surface area contributed by atoms with Crippen LogP contribution in [0.25, 0.3) is 0 Å². The van der Waals surface area contributed by atoms with Crippen molar-refractivity contribution in [1.82, 2.24) is 0 Å². The average Bonchev–Trinajstić information content (AvgIpc) is 3.11. The van der Waals surface area contributed by atoms with E-state index in [4.69, 9.17) is 5.73 Å². The second-order valence-electron chi connectivity index (χ2n) is 7.57. The molecule has 7 rings (SSSR count). The molecule has 0 saturated heterocycles. The Labute approximate surface area is 108 Å². The lowest BCUT2D eigenvalue weighted by Crippen LogP contribution is -2.46. The van der Waals surface area contributed by atoms with Crippen molar-refractivity contribution in [3.63, 3.8) is 0 Å². The highest BCUT2D eigenvalue weighted by Crippen LogP contribution is 2.86. The Kier molecular flexibility index (Phi) is 1.23. The van der Waals surface area contributed by atoms with Crippen molar-refractivity contribution in [2.45, 2.75) is 24.3 Å². The summed E-state index contributed by atoms with van der Waals surface area (Å²) in [6.07, 6.45) is 3.04. The monoisotopic (exact) mass is 237 g/mol. The van der Waals surface area contributed by atoms with E-state index in [1.807, 2.05) is 0 Å². The van der Waals surface area contributed by atoms with Crippen molar-refractivity contribution < 1.29 is 0 Å². The number of hydrogen-bond donors (Lipinski definition) is 1. The minimum atomic E-state index is 0.402. The van der Waals surface area contributed by atoms with Crippen LogP contribution in [0.15, 0.2) is 30.3 Å². The third-order valence-corrected chi connectivity index (χ3v) is 7.85. The number of rotatable bonds is 1. The summed E-state index contributed by atoms with van der Waals surface area (Å²) in [5.74, 6) is 6.94. The first-order chi connectivity index (χ1) is 8.85. The van der Waals surface area contributed by atoms with Crippen LogP contribution in [0.5, 0.6) is 0 Å². The molecule has 0 aromatic heterocycles. The summed E-state index contributed by atoms with van der Waals surface area (Å²) in [4.78, 5) is 0. The standard InChI is InChI=1S/C17H19N/c18-16-14-11-6-9-10-7-12(13(9)14)17(16,15(10)11)8-4-2-1-3-5-8/h1-5,9-16H,6-7,18H2/t9-,10-,11+,12+,13-,14+,15+,16-,17+/m0/s1. The molecule has 0 heterocycles. The molecule has 92 valence electrons. The van der Waals surface area contributed by atoms with Gasteiger partial charge in [0.25, 0.3) is 0 Å². The van der Waals surface area contributed by atoms with Gasteiger partial charge in [0.15, 0.2) is 0 Å². The number of hydrogen-bond acceptors (Lipinski definition) is 1. The fourth-order valence-electron chi connectivity index (χ4n) is 8.06. The SMILES string of the molecule is N[C@H]1[C@@H]2[C@H]3C[C@H]4[C@@H]5C[C@H]([C@H]42)[C@]1(c1ccccc1)[C@@H]35. The molecule has 1 nitrogen and oxygen atoms in total. The van der Waals surface area contributed by atoms with Crippen LogP contribution in [-0.2, 0) is 5.41 Å². The molecule has 0 unspecified atom stereocenters. The summed E-state index contributed by atoms with van der Waals surface area (Å²) in [6, 6.07) is 11.8. The van der Waals surface area contributed by atoms with Gasteiger partial charge in [-0.15, -0.1) is 0 Å². The molecule has 1 heteroatoms. The first kappa shape index (κ1) is 9.14. The molecule has 6 saturated carbocycles. The second-order valence-corrected chi connectivity index (χ2v) is 7.57. The summed E-state index contributed by atoms with van der Waals surface area (Å²) in [6.45, 7) is 0. The van der Waals surface area contributed by atoms with E-state index in [9.17, 15) is 0 Å². The highest BCUT2D eigenvalue weighted by Gasteiger charge is 2.85. The van der Waals surface area contributed by atoms with Crippen molar-refractivity contribution in [2.24, 2.45) is 47.2 Å². The van der Waals surface area contributed by atoms with Crippen molar-refractivity contribution in [3.05, 3.63) is 35.9 Å².